The lowest BCUT2D eigenvalue weighted by Gasteiger charge is -2.09. The Labute approximate surface area is 133 Å². The minimum atomic E-state index is -0.518. The number of aromatic nitrogens is 2. The van der Waals surface area contributed by atoms with Crippen LogP contribution in [0.15, 0.2) is 36.7 Å². The largest absolute Gasteiger partial charge is 0.465 e. The third-order valence-corrected chi connectivity index (χ3v) is 3.39. The van der Waals surface area contributed by atoms with Gasteiger partial charge in [-0.25, -0.2) is 14.8 Å². The van der Waals surface area contributed by atoms with E-state index >= 15 is 0 Å². The molecule has 118 valence electrons. The van der Waals surface area contributed by atoms with Gasteiger partial charge in [0.2, 0.25) is 0 Å². The molecule has 0 unspecified atom stereocenters. The summed E-state index contributed by atoms with van der Waals surface area (Å²) in [6.45, 7) is 0. The Bertz CT molecular complexity index is 726. The average molecular weight is 312 g/mol. The van der Waals surface area contributed by atoms with Crippen LogP contribution in [0.1, 0.15) is 33.7 Å². The second-order valence-electron chi connectivity index (χ2n) is 5.20. The minimum absolute atomic E-state index is 0.172. The lowest BCUT2D eigenvalue weighted by atomic mass is 10.1. The molecular weight excluding hydrogens is 296 g/mol. The van der Waals surface area contributed by atoms with Crippen molar-refractivity contribution in [2.75, 3.05) is 17.7 Å². The molecule has 0 atom stereocenters. The SMILES string of the molecule is COC(=O)c1ccccc1NC(=O)c1cnc(NC2CC2)cn1. The molecule has 1 fully saturated rings. The number of nitrogens with one attached hydrogen (secondary N) is 2. The zero-order chi connectivity index (χ0) is 16.2. The van der Waals surface area contributed by atoms with E-state index in [1.165, 1.54) is 19.5 Å². The maximum Gasteiger partial charge on any atom is 0.339 e. The Kier molecular flexibility index (Phi) is 4.18. The van der Waals surface area contributed by atoms with Gasteiger partial charge >= 0.3 is 5.97 Å². The van der Waals surface area contributed by atoms with Gasteiger partial charge in [0.05, 0.1) is 30.8 Å². The van der Waals surface area contributed by atoms with Crippen molar-refractivity contribution in [1.29, 1.82) is 0 Å². The van der Waals surface area contributed by atoms with Crippen molar-refractivity contribution >= 4 is 23.4 Å². The number of methoxy groups -OCH3 is 1. The van der Waals surface area contributed by atoms with Gasteiger partial charge in [0.1, 0.15) is 11.5 Å². The first kappa shape index (κ1) is 15.0. The number of amides is 1. The molecule has 23 heavy (non-hydrogen) atoms. The van der Waals surface area contributed by atoms with Gasteiger partial charge in [0, 0.05) is 6.04 Å². The van der Waals surface area contributed by atoms with Crippen molar-refractivity contribution < 1.29 is 14.3 Å². The minimum Gasteiger partial charge on any atom is -0.465 e. The molecule has 0 radical (unpaired) electrons. The summed E-state index contributed by atoms with van der Waals surface area (Å²) in [5.41, 5.74) is 0.820. The van der Waals surface area contributed by atoms with Gasteiger partial charge in [0.15, 0.2) is 0 Å². The van der Waals surface area contributed by atoms with Crippen molar-refractivity contribution in [3.8, 4) is 0 Å². The number of anilines is 2. The molecule has 0 saturated heterocycles. The van der Waals surface area contributed by atoms with E-state index in [1.807, 2.05) is 0 Å². The molecule has 1 aromatic heterocycles. The fourth-order valence-corrected chi connectivity index (χ4v) is 2.02. The summed E-state index contributed by atoms with van der Waals surface area (Å²) in [5, 5.41) is 5.85. The molecule has 1 amide bonds. The molecule has 1 aromatic carbocycles. The normalized spacial score (nSPS) is 13.3. The molecule has 1 aliphatic rings. The number of rotatable bonds is 5. The molecule has 7 nitrogen and oxygen atoms in total. The van der Waals surface area contributed by atoms with Crippen LogP contribution in [0, 0.1) is 0 Å². The Morgan fingerprint density at radius 2 is 1.96 bits per heavy atom. The molecule has 1 aliphatic carbocycles. The van der Waals surface area contributed by atoms with E-state index in [4.69, 9.17) is 4.74 Å². The third kappa shape index (κ3) is 3.63. The number of nitrogens with zero attached hydrogens (tertiary/aromatic N) is 2. The van der Waals surface area contributed by atoms with Crippen LogP contribution in [0.25, 0.3) is 0 Å². The lowest BCUT2D eigenvalue weighted by Crippen LogP contribution is -2.17. The van der Waals surface area contributed by atoms with Crippen molar-refractivity contribution in [3.05, 3.63) is 47.9 Å². The van der Waals surface area contributed by atoms with E-state index < -0.39 is 11.9 Å². The van der Waals surface area contributed by atoms with Crippen molar-refractivity contribution in [3.63, 3.8) is 0 Å². The van der Waals surface area contributed by atoms with Crippen molar-refractivity contribution in [1.82, 2.24) is 9.97 Å². The number of ether oxygens (including phenoxy) is 1. The smallest absolute Gasteiger partial charge is 0.339 e. The fraction of sp³-hybridized carbons (Fsp3) is 0.250. The first-order valence-corrected chi connectivity index (χ1v) is 7.24. The van der Waals surface area contributed by atoms with Crippen LogP contribution in [-0.2, 0) is 4.74 Å². The molecule has 2 aromatic rings. The highest BCUT2D eigenvalue weighted by Gasteiger charge is 2.21. The second kappa shape index (κ2) is 6.43. The summed E-state index contributed by atoms with van der Waals surface area (Å²) in [6.07, 6.45) is 5.20. The molecule has 1 saturated carbocycles. The van der Waals surface area contributed by atoms with E-state index in [1.54, 1.807) is 24.3 Å². The van der Waals surface area contributed by atoms with Crippen LogP contribution in [-0.4, -0.2) is 35.0 Å². The van der Waals surface area contributed by atoms with Gasteiger partial charge in [-0.2, -0.15) is 0 Å². The fourth-order valence-electron chi connectivity index (χ4n) is 2.02. The zero-order valence-electron chi connectivity index (χ0n) is 12.6. The van der Waals surface area contributed by atoms with Gasteiger partial charge in [-0.1, -0.05) is 12.1 Å². The average Bonchev–Trinajstić information content (AvgIpc) is 3.39. The van der Waals surface area contributed by atoms with Gasteiger partial charge in [-0.15, -0.1) is 0 Å². The summed E-state index contributed by atoms with van der Waals surface area (Å²) in [4.78, 5) is 32.2. The van der Waals surface area contributed by atoms with Crippen LogP contribution in [0.3, 0.4) is 0 Å². The quantitative estimate of drug-likeness (QED) is 0.821. The van der Waals surface area contributed by atoms with Crippen LogP contribution in [0.5, 0.6) is 0 Å². The van der Waals surface area contributed by atoms with E-state index in [-0.39, 0.29) is 11.3 Å². The number of esters is 1. The number of para-hydroxylation sites is 1. The molecule has 3 rings (SSSR count). The van der Waals surface area contributed by atoms with Crippen LogP contribution in [0.4, 0.5) is 11.5 Å². The van der Waals surface area contributed by atoms with Crippen LogP contribution < -0.4 is 10.6 Å². The van der Waals surface area contributed by atoms with E-state index in [0.29, 0.717) is 17.5 Å². The van der Waals surface area contributed by atoms with E-state index in [2.05, 4.69) is 20.6 Å². The highest BCUT2D eigenvalue weighted by Crippen LogP contribution is 2.23. The Morgan fingerprint density at radius 3 is 2.61 bits per heavy atom. The summed E-state index contributed by atoms with van der Waals surface area (Å²) in [6, 6.07) is 7.09. The number of carbonyl (C=O) groups excluding carboxylic acids is 2. The number of carbonyl (C=O) groups is 2. The first-order chi connectivity index (χ1) is 11.2. The lowest BCUT2D eigenvalue weighted by molar-refractivity contribution is 0.0602. The zero-order valence-corrected chi connectivity index (χ0v) is 12.6. The molecule has 2 N–H and O–H groups in total. The summed E-state index contributed by atoms with van der Waals surface area (Å²) >= 11 is 0. The summed E-state index contributed by atoms with van der Waals surface area (Å²) in [5.74, 6) is -0.304. The molecular formula is C16H16N4O3. The number of hydrogen-bond donors (Lipinski definition) is 2. The maximum atomic E-state index is 12.2. The summed E-state index contributed by atoms with van der Waals surface area (Å²) in [7, 11) is 1.29. The molecule has 7 heteroatoms. The topological polar surface area (TPSA) is 93.2 Å². The molecule has 1 heterocycles. The Balaban J connectivity index is 1.72. The van der Waals surface area contributed by atoms with Crippen LogP contribution >= 0.6 is 0 Å². The highest BCUT2D eigenvalue weighted by molar-refractivity contribution is 6.06. The number of benzene rings is 1. The highest BCUT2D eigenvalue weighted by atomic mass is 16.5. The van der Waals surface area contributed by atoms with Crippen molar-refractivity contribution in [2.45, 2.75) is 18.9 Å². The number of hydrogen-bond acceptors (Lipinski definition) is 6. The Morgan fingerprint density at radius 1 is 1.17 bits per heavy atom. The second-order valence-corrected chi connectivity index (χ2v) is 5.20. The van der Waals surface area contributed by atoms with Gasteiger partial charge in [0.25, 0.3) is 5.91 Å². The predicted octanol–water partition coefficient (Wildman–Crippen LogP) is 2.09. The molecule has 0 bridgehead atoms. The van der Waals surface area contributed by atoms with Gasteiger partial charge in [-0.3, -0.25) is 4.79 Å². The van der Waals surface area contributed by atoms with Crippen molar-refractivity contribution in [2.24, 2.45) is 0 Å². The van der Waals surface area contributed by atoms with Gasteiger partial charge < -0.3 is 15.4 Å². The summed E-state index contributed by atoms with van der Waals surface area (Å²) < 4.78 is 4.70. The first-order valence-electron chi connectivity index (χ1n) is 7.24. The Hall–Kier alpha value is -2.96. The van der Waals surface area contributed by atoms with Gasteiger partial charge in [-0.05, 0) is 25.0 Å². The predicted molar refractivity (Wildman–Crippen MR) is 84.4 cm³/mol. The molecule has 0 aliphatic heterocycles. The molecule has 0 spiro atoms. The maximum absolute atomic E-state index is 12.2. The van der Waals surface area contributed by atoms with E-state index in [9.17, 15) is 9.59 Å². The monoisotopic (exact) mass is 312 g/mol. The van der Waals surface area contributed by atoms with E-state index in [0.717, 1.165) is 12.8 Å². The third-order valence-electron chi connectivity index (χ3n) is 3.39. The standard InChI is InChI=1S/C16H16N4O3/c1-23-16(22)11-4-2-3-5-12(11)20-15(21)13-8-18-14(9-17-13)19-10-6-7-10/h2-5,8-10H,6-7H2,1H3,(H,18,19)(H,20,21). The van der Waals surface area contributed by atoms with Crippen LogP contribution in [0.2, 0.25) is 0 Å².